The maximum atomic E-state index is 12.9. The Hall–Kier alpha value is -2.46. The van der Waals surface area contributed by atoms with Crippen LogP contribution in [-0.2, 0) is 21.0 Å². The van der Waals surface area contributed by atoms with Gasteiger partial charge in [-0.05, 0) is 56.3 Å². The lowest BCUT2D eigenvalue weighted by atomic mass is 10.2. The quantitative estimate of drug-likeness (QED) is 0.652. The summed E-state index contributed by atoms with van der Waals surface area (Å²) in [5, 5.41) is 2.12. The largest absolute Gasteiger partial charge is 0.491 e. The highest BCUT2D eigenvalue weighted by molar-refractivity contribution is 7.92. The molecule has 0 saturated carbocycles. The summed E-state index contributed by atoms with van der Waals surface area (Å²) in [6, 6.07) is 8.49. The topological polar surface area (TPSA) is 75.7 Å². The highest BCUT2D eigenvalue weighted by Crippen LogP contribution is 2.34. The summed E-state index contributed by atoms with van der Waals surface area (Å²) in [6.07, 6.45) is -3.79. The van der Waals surface area contributed by atoms with Crippen molar-refractivity contribution >= 4 is 38.9 Å². The molecule has 0 aliphatic carbocycles. The van der Waals surface area contributed by atoms with E-state index < -0.39 is 34.2 Å². The molecule has 0 aliphatic heterocycles. The molecule has 2 aromatic carbocycles. The van der Waals surface area contributed by atoms with Crippen LogP contribution in [0.5, 0.6) is 5.75 Å². The summed E-state index contributed by atoms with van der Waals surface area (Å²) in [4.78, 5) is 12.4. The fraction of sp³-hybridized carbons (Fsp3) is 0.316. The molecule has 0 aromatic heterocycles. The Morgan fingerprint density at radius 2 is 1.77 bits per heavy atom. The van der Waals surface area contributed by atoms with Gasteiger partial charge < -0.3 is 10.1 Å². The molecule has 0 atom stereocenters. The number of hydrogen-bond donors (Lipinski definition) is 1. The van der Waals surface area contributed by atoms with Gasteiger partial charge in [-0.15, -0.1) is 0 Å². The molecule has 1 N–H and O–H groups in total. The Labute approximate surface area is 177 Å². The van der Waals surface area contributed by atoms with Crippen LogP contribution < -0.4 is 14.4 Å². The van der Waals surface area contributed by atoms with Crippen molar-refractivity contribution in [2.24, 2.45) is 0 Å². The second-order valence-electron chi connectivity index (χ2n) is 6.67. The van der Waals surface area contributed by atoms with Crippen LogP contribution in [0.1, 0.15) is 19.4 Å². The number of halogens is 4. The maximum absolute atomic E-state index is 12.9. The number of carbonyl (C=O) groups excluding carboxylic acids is 1. The van der Waals surface area contributed by atoms with Gasteiger partial charge in [-0.25, -0.2) is 8.42 Å². The minimum atomic E-state index is -4.62. The summed E-state index contributed by atoms with van der Waals surface area (Å²) >= 11 is 5.86. The molecule has 2 aromatic rings. The zero-order chi connectivity index (χ0) is 22.7. The molecule has 0 unspecified atom stereocenters. The average molecular weight is 465 g/mol. The molecule has 6 nitrogen and oxygen atoms in total. The Kier molecular flexibility index (Phi) is 7.25. The summed E-state index contributed by atoms with van der Waals surface area (Å²) in [7, 11) is -3.86. The third kappa shape index (κ3) is 6.53. The standard InChI is InChI=1S/C19H20ClF3N2O4S/c1-12(2)29-15-7-5-14(6-8-15)25(30(3,27)28)11-18(26)24-17-10-13(19(21,22)23)4-9-16(17)20/h4-10,12H,11H2,1-3H3,(H,24,26). The first kappa shape index (κ1) is 23.8. The number of rotatable bonds is 7. The van der Waals surface area contributed by atoms with Crippen LogP contribution in [0.15, 0.2) is 42.5 Å². The van der Waals surface area contributed by atoms with Gasteiger partial charge in [-0.3, -0.25) is 9.10 Å². The second-order valence-corrected chi connectivity index (χ2v) is 8.98. The SMILES string of the molecule is CC(C)Oc1ccc(N(CC(=O)Nc2cc(C(F)(F)F)ccc2Cl)S(C)(=O)=O)cc1. The van der Waals surface area contributed by atoms with Crippen molar-refractivity contribution in [1.82, 2.24) is 0 Å². The van der Waals surface area contributed by atoms with E-state index in [0.717, 1.165) is 22.7 Å². The third-order valence-electron chi connectivity index (χ3n) is 3.75. The summed E-state index contributed by atoms with van der Waals surface area (Å²) in [6.45, 7) is 3.01. The molecule has 0 radical (unpaired) electrons. The molecule has 1 amide bonds. The van der Waals surface area contributed by atoms with E-state index in [-0.39, 0.29) is 22.5 Å². The van der Waals surface area contributed by atoms with Gasteiger partial charge in [-0.1, -0.05) is 11.6 Å². The van der Waals surface area contributed by atoms with Crippen molar-refractivity contribution in [2.45, 2.75) is 26.1 Å². The van der Waals surface area contributed by atoms with Crippen LogP contribution in [0, 0.1) is 0 Å². The highest BCUT2D eigenvalue weighted by atomic mass is 35.5. The van der Waals surface area contributed by atoms with Gasteiger partial charge in [0.1, 0.15) is 12.3 Å². The summed E-state index contributed by atoms with van der Waals surface area (Å²) < 4.78 is 69.3. The predicted molar refractivity (Wildman–Crippen MR) is 109 cm³/mol. The lowest BCUT2D eigenvalue weighted by Crippen LogP contribution is -2.37. The number of benzene rings is 2. The minimum absolute atomic E-state index is 0.0788. The van der Waals surface area contributed by atoms with E-state index in [0.29, 0.717) is 11.8 Å². The third-order valence-corrected chi connectivity index (χ3v) is 5.22. The van der Waals surface area contributed by atoms with Crippen molar-refractivity contribution in [1.29, 1.82) is 0 Å². The van der Waals surface area contributed by atoms with Crippen LogP contribution in [0.25, 0.3) is 0 Å². The van der Waals surface area contributed by atoms with Gasteiger partial charge in [0.2, 0.25) is 15.9 Å². The van der Waals surface area contributed by atoms with Gasteiger partial charge in [-0.2, -0.15) is 13.2 Å². The van der Waals surface area contributed by atoms with Gasteiger partial charge in [0.25, 0.3) is 0 Å². The zero-order valence-electron chi connectivity index (χ0n) is 16.3. The number of anilines is 2. The van der Waals surface area contributed by atoms with Gasteiger partial charge in [0.05, 0.1) is 34.3 Å². The number of sulfonamides is 1. The predicted octanol–water partition coefficient (Wildman–Crippen LogP) is 4.55. The van der Waals surface area contributed by atoms with E-state index in [9.17, 15) is 26.4 Å². The van der Waals surface area contributed by atoms with Crippen molar-refractivity contribution in [2.75, 3.05) is 22.4 Å². The Bertz CT molecular complexity index is 1010. The zero-order valence-corrected chi connectivity index (χ0v) is 17.9. The monoisotopic (exact) mass is 464 g/mol. The minimum Gasteiger partial charge on any atom is -0.491 e. The van der Waals surface area contributed by atoms with Crippen molar-refractivity contribution in [3.8, 4) is 5.75 Å². The number of ether oxygens (including phenoxy) is 1. The van der Waals surface area contributed by atoms with E-state index >= 15 is 0 Å². The lowest BCUT2D eigenvalue weighted by Gasteiger charge is -2.22. The number of amides is 1. The maximum Gasteiger partial charge on any atom is 0.416 e. The smallest absolute Gasteiger partial charge is 0.416 e. The van der Waals surface area contributed by atoms with Crippen molar-refractivity contribution < 1.29 is 31.1 Å². The Morgan fingerprint density at radius 3 is 2.27 bits per heavy atom. The van der Waals surface area contributed by atoms with E-state index in [2.05, 4.69) is 5.32 Å². The molecule has 164 valence electrons. The van der Waals surface area contributed by atoms with E-state index in [1.807, 2.05) is 13.8 Å². The molecule has 0 aliphatic rings. The Morgan fingerprint density at radius 1 is 1.17 bits per heavy atom. The van der Waals surface area contributed by atoms with Crippen molar-refractivity contribution in [3.63, 3.8) is 0 Å². The van der Waals surface area contributed by atoms with Gasteiger partial charge >= 0.3 is 6.18 Å². The highest BCUT2D eigenvalue weighted by Gasteiger charge is 2.31. The van der Waals surface area contributed by atoms with Crippen LogP contribution in [-0.4, -0.2) is 33.2 Å². The first-order chi connectivity index (χ1) is 13.8. The molecule has 0 spiro atoms. The van der Waals surface area contributed by atoms with Crippen LogP contribution >= 0.6 is 11.6 Å². The first-order valence-corrected chi connectivity index (χ1v) is 10.9. The first-order valence-electron chi connectivity index (χ1n) is 8.68. The van der Waals surface area contributed by atoms with Gasteiger partial charge in [0, 0.05) is 0 Å². The van der Waals surface area contributed by atoms with Crippen LogP contribution in [0.2, 0.25) is 5.02 Å². The average Bonchev–Trinajstić information content (AvgIpc) is 2.60. The van der Waals surface area contributed by atoms with Crippen LogP contribution in [0.4, 0.5) is 24.5 Å². The summed E-state index contributed by atoms with van der Waals surface area (Å²) in [5.41, 5.74) is -1.08. The Balaban J connectivity index is 2.23. The molecular formula is C19H20ClF3N2O4S. The van der Waals surface area contributed by atoms with E-state index in [4.69, 9.17) is 16.3 Å². The molecule has 2 rings (SSSR count). The number of carbonyl (C=O) groups is 1. The number of nitrogens with zero attached hydrogens (tertiary/aromatic N) is 1. The second kappa shape index (κ2) is 9.13. The van der Waals surface area contributed by atoms with E-state index in [1.165, 1.54) is 12.1 Å². The molecule has 0 saturated heterocycles. The van der Waals surface area contributed by atoms with Crippen molar-refractivity contribution in [3.05, 3.63) is 53.1 Å². The van der Waals surface area contributed by atoms with Gasteiger partial charge in [0.15, 0.2) is 0 Å². The fourth-order valence-corrected chi connectivity index (χ4v) is 3.50. The molecule has 11 heteroatoms. The van der Waals surface area contributed by atoms with Crippen LogP contribution in [0.3, 0.4) is 0 Å². The fourth-order valence-electron chi connectivity index (χ4n) is 2.48. The molecule has 0 fully saturated rings. The van der Waals surface area contributed by atoms with E-state index in [1.54, 1.807) is 12.1 Å². The summed E-state index contributed by atoms with van der Waals surface area (Å²) in [5.74, 6) is -0.341. The normalized spacial score (nSPS) is 12.0. The molecular weight excluding hydrogens is 445 g/mol. The number of nitrogens with one attached hydrogen (secondary N) is 1. The lowest BCUT2D eigenvalue weighted by molar-refractivity contribution is -0.137. The number of alkyl halides is 3. The molecule has 0 heterocycles. The molecule has 30 heavy (non-hydrogen) atoms. The molecule has 0 bridgehead atoms. The number of hydrogen-bond acceptors (Lipinski definition) is 4.